The molecular weight excluding hydrogens is 488 g/mol. The van der Waals surface area contributed by atoms with Gasteiger partial charge in [0.1, 0.15) is 12.1 Å². The first-order chi connectivity index (χ1) is 16.8. The van der Waals surface area contributed by atoms with Crippen molar-refractivity contribution in [2.75, 3.05) is 34.3 Å². The molecule has 0 unspecified atom stereocenters. The molecule has 1 aliphatic rings. The molecule has 0 aromatic heterocycles. The van der Waals surface area contributed by atoms with E-state index in [1.54, 1.807) is 0 Å². The molecule has 0 aromatic carbocycles. The Morgan fingerprint density at radius 3 is 1.76 bits per heavy atom. The second-order valence-electron chi connectivity index (χ2n) is 11.3. The van der Waals surface area contributed by atoms with Crippen LogP contribution in [0.25, 0.3) is 0 Å². The van der Waals surface area contributed by atoms with E-state index in [2.05, 4.69) is 21.1 Å². The third-order valence-electron chi connectivity index (χ3n) is 5.91. The van der Waals surface area contributed by atoms with E-state index in [0.29, 0.717) is 18.3 Å². The molecule has 1 aliphatic carbocycles. The second-order valence-corrected chi connectivity index (χ2v) is 11.3. The minimum absolute atomic E-state index is 0.271. The highest BCUT2D eigenvalue weighted by Gasteiger charge is 2.34. The summed E-state index contributed by atoms with van der Waals surface area (Å²) in [6, 6.07) is -0.271. The van der Waals surface area contributed by atoms with Crippen LogP contribution in [0.5, 0.6) is 0 Å². The quantitative estimate of drug-likeness (QED) is 0.143. The van der Waals surface area contributed by atoms with Crippen LogP contribution in [0.15, 0.2) is 0 Å². The first-order valence-corrected chi connectivity index (χ1v) is 12.7. The van der Waals surface area contributed by atoms with Crippen LogP contribution in [-0.2, 0) is 14.4 Å². The number of quaternary nitrogens is 1. The molecule has 8 N–H and O–H groups in total. The summed E-state index contributed by atoms with van der Waals surface area (Å²) < 4.78 is 0.844. The van der Waals surface area contributed by atoms with Crippen LogP contribution >= 0.6 is 0 Å². The number of aliphatic hydroxyl groups is 4. The molecule has 0 aromatic rings. The van der Waals surface area contributed by atoms with Gasteiger partial charge in [0.25, 0.3) is 0 Å². The lowest BCUT2D eigenvalue weighted by Crippen LogP contribution is -2.51. The van der Waals surface area contributed by atoms with Gasteiger partial charge >= 0.3 is 11.9 Å². The maximum atomic E-state index is 10.2. The van der Waals surface area contributed by atoms with Gasteiger partial charge in [-0.3, -0.25) is 9.59 Å². The fraction of sp³-hybridized carbons (Fsp3) is 0.880. The number of aliphatic hydroxyl groups excluding tert-OH is 3. The summed E-state index contributed by atoms with van der Waals surface area (Å²) in [6.45, 7) is 5.20. The highest BCUT2D eigenvalue weighted by atomic mass is 16.4. The van der Waals surface area contributed by atoms with Gasteiger partial charge in [-0.1, -0.05) is 46.0 Å². The topological polar surface area (TPSA) is 222 Å². The molecule has 1 saturated carbocycles. The van der Waals surface area contributed by atoms with E-state index >= 15 is 0 Å². The smallest absolute Gasteiger partial charge is 0.306 e. The van der Waals surface area contributed by atoms with Crippen LogP contribution in [0.1, 0.15) is 71.6 Å². The molecule has 0 amide bonds. The number of carboxylic acids is 3. The van der Waals surface area contributed by atoms with Gasteiger partial charge in [-0.2, -0.15) is 0 Å². The van der Waals surface area contributed by atoms with Gasteiger partial charge < -0.3 is 50.8 Å². The number of likely N-dealkylation sites (N-methyl/N-ethyl adjacent to an activating group) is 1. The van der Waals surface area contributed by atoms with E-state index in [1.807, 2.05) is 13.8 Å². The maximum Gasteiger partial charge on any atom is 0.306 e. The first-order valence-electron chi connectivity index (χ1n) is 12.7. The van der Waals surface area contributed by atoms with Crippen molar-refractivity contribution in [1.82, 2.24) is 0 Å². The molecule has 220 valence electrons. The van der Waals surface area contributed by atoms with Crippen molar-refractivity contribution in [2.45, 2.75) is 95.5 Å². The molecule has 0 heterocycles. The first kappa shape index (κ1) is 37.3. The lowest BCUT2D eigenvalue weighted by atomic mass is 9.83. The largest absolute Gasteiger partial charge is 0.547 e. The van der Waals surface area contributed by atoms with Crippen molar-refractivity contribution < 1.29 is 54.6 Å². The van der Waals surface area contributed by atoms with E-state index in [9.17, 15) is 29.7 Å². The monoisotopic (exact) mass is 538 g/mol. The standard InChI is InChI=1S/C14H29NO2.C6H8O7.C5H14NO/c1-10(2)8-13(16)14(17)12(15)9-11-6-4-3-5-7-11;7-3(8)1-6(13,5(11)12)2-4(9)10;1-6(2,3)4-5-7/h10-14,16-17H,3-9,15H2,1-2H3;13H,1-2H2,(H,7,8)(H,9,10)(H,11,12);7H,4-5H2,1-3H3/q;;+1/p-1/t12-,13-,14+;;/m0../s1. The van der Waals surface area contributed by atoms with Crippen LogP contribution in [0, 0.1) is 11.8 Å². The van der Waals surface area contributed by atoms with Crippen molar-refractivity contribution in [3.63, 3.8) is 0 Å². The summed E-state index contributed by atoms with van der Waals surface area (Å²) >= 11 is 0. The van der Waals surface area contributed by atoms with E-state index in [-0.39, 0.29) is 12.6 Å². The van der Waals surface area contributed by atoms with Crippen molar-refractivity contribution in [1.29, 1.82) is 0 Å². The Hall–Kier alpha value is -1.83. The maximum absolute atomic E-state index is 10.2. The van der Waals surface area contributed by atoms with Crippen LogP contribution in [0.3, 0.4) is 0 Å². The molecule has 1 rings (SSSR count). The van der Waals surface area contributed by atoms with E-state index in [4.69, 9.17) is 26.2 Å². The molecule has 37 heavy (non-hydrogen) atoms. The zero-order valence-corrected chi connectivity index (χ0v) is 23.0. The number of rotatable bonds is 13. The molecule has 0 saturated heterocycles. The predicted octanol–water partition coefficient (Wildman–Crippen LogP) is -0.846. The summed E-state index contributed by atoms with van der Waals surface area (Å²) in [5.41, 5.74) is 3.17. The van der Waals surface area contributed by atoms with Gasteiger partial charge in [0, 0.05) is 6.04 Å². The highest BCUT2D eigenvalue weighted by Crippen LogP contribution is 2.28. The summed E-state index contributed by atoms with van der Waals surface area (Å²) in [4.78, 5) is 30.3. The zero-order valence-electron chi connectivity index (χ0n) is 23.0. The summed E-state index contributed by atoms with van der Waals surface area (Å²) in [5.74, 6) is -4.31. The Balaban J connectivity index is 0. The normalized spacial score (nSPS) is 16.9. The molecular formula is C25H50N2O10. The number of carbonyl (C=O) groups excluding carboxylic acids is 1. The van der Waals surface area contributed by atoms with E-state index in [1.165, 1.54) is 32.1 Å². The number of nitrogens with zero attached hydrogens (tertiary/aromatic N) is 1. The molecule has 0 aliphatic heterocycles. The molecule has 12 heteroatoms. The van der Waals surface area contributed by atoms with Gasteiger partial charge in [0.05, 0.1) is 58.8 Å². The van der Waals surface area contributed by atoms with Crippen LogP contribution < -0.4 is 10.8 Å². The average molecular weight is 539 g/mol. The van der Waals surface area contributed by atoms with Gasteiger partial charge in [-0.25, -0.2) is 0 Å². The van der Waals surface area contributed by atoms with E-state index in [0.717, 1.165) is 17.4 Å². The fourth-order valence-electron chi connectivity index (χ4n) is 3.86. The Kier molecular flexibility index (Phi) is 18.6. The molecule has 3 atom stereocenters. The predicted molar refractivity (Wildman–Crippen MR) is 135 cm³/mol. The van der Waals surface area contributed by atoms with Crippen molar-refractivity contribution in [3.8, 4) is 0 Å². The molecule has 0 radical (unpaired) electrons. The van der Waals surface area contributed by atoms with Gasteiger partial charge in [-0.15, -0.1) is 0 Å². The molecule has 0 bridgehead atoms. The van der Waals surface area contributed by atoms with Crippen LogP contribution in [0.2, 0.25) is 0 Å². The number of aliphatic carboxylic acids is 3. The Bertz CT molecular complexity index is 644. The number of hydrogen-bond acceptors (Lipinski definition) is 9. The lowest BCUT2D eigenvalue weighted by molar-refractivity contribution is -0.870. The molecule has 12 nitrogen and oxygen atoms in total. The minimum atomic E-state index is -2.85. The SMILES string of the molecule is CC(C)C[C@H](O)[C@H](O)[C@@H](N)CC1CCCCC1.C[N+](C)(C)CCO.O=C(O)CC(O)(CC(=O)O)C(=O)[O-]. The third kappa shape index (κ3) is 19.9. The number of hydrogen-bond donors (Lipinski definition) is 7. The minimum Gasteiger partial charge on any atom is -0.547 e. The number of carboxylic acid groups (broad SMARTS) is 3. The summed E-state index contributed by atoms with van der Waals surface area (Å²) in [7, 11) is 6.16. The fourth-order valence-corrected chi connectivity index (χ4v) is 3.86. The second kappa shape index (κ2) is 18.4. The van der Waals surface area contributed by atoms with E-state index < -0.39 is 48.6 Å². The zero-order chi connectivity index (χ0) is 29.4. The molecule has 0 spiro atoms. The van der Waals surface area contributed by atoms with Crippen LogP contribution in [-0.4, -0.2) is 111 Å². The Morgan fingerprint density at radius 2 is 1.46 bits per heavy atom. The van der Waals surface area contributed by atoms with Crippen molar-refractivity contribution in [2.24, 2.45) is 17.6 Å². The average Bonchev–Trinajstić information content (AvgIpc) is 2.72. The summed E-state index contributed by atoms with van der Waals surface area (Å²) in [5, 5.41) is 63.8. The van der Waals surface area contributed by atoms with Gasteiger partial charge in [0.15, 0.2) is 0 Å². The van der Waals surface area contributed by atoms with Gasteiger partial charge in [0.2, 0.25) is 0 Å². The van der Waals surface area contributed by atoms with Crippen molar-refractivity contribution >= 4 is 17.9 Å². The van der Waals surface area contributed by atoms with Crippen molar-refractivity contribution in [3.05, 3.63) is 0 Å². The number of carbonyl (C=O) groups is 3. The Morgan fingerprint density at radius 1 is 1.00 bits per heavy atom. The third-order valence-corrected chi connectivity index (χ3v) is 5.91. The number of nitrogens with two attached hydrogens (primary N) is 1. The lowest BCUT2D eigenvalue weighted by Gasteiger charge is -2.29. The molecule has 1 fully saturated rings. The Labute approximate surface area is 220 Å². The van der Waals surface area contributed by atoms with Gasteiger partial charge in [-0.05, 0) is 24.7 Å². The van der Waals surface area contributed by atoms with Crippen LogP contribution in [0.4, 0.5) is 0 Å². The summed E-state index contributed by atoms with van der Waals surface area (Å²) in [6.07, 6.45) is 4.03. The highest BCUT2D eigenvalue weighted by molar-refractivity contribution is 5.86.